The monoisotopic (exact) mass is 312 g/mol. The maximum absolute atomic E-state index is 11.2. The molecule has 0 aliphatic heterocycles. The molecule has 112 valence electrons. The van der Waals surface area contributed by atoms with Gasteiger partial charge in [0.2, 0.25) is 10.0 Å². The number of hydrogen-bond acceptors (Lipinski definition) is 7. The number of nitrogens with two attached hydrogens (primary N) is 1. The summed E-state index contributed by atoms with van der Waals surface area (Å²) in [4.78, 5) is 10.0. The number of nitrogens with zero attached hydrogens (tertiary/aromatic N) is 4. The van der Waals surface area contributed by atoms with E-state index in [0.717, 1.165) is 6.07 Å². The third-order valence-corrected chi connectivity index (χ3v) is 3.53. The Morgan fingerprint density at radius 1 is 1.43 bits per heavy atom. The zero-order valence-electron chi connectivity index (χ0n) is 10.7. The third kappa shape index (κ3) is 3.73. The van der Waals surface area contributed by atoms with Crippen LogP contribution >= 0.6 is 0 Å². The fourth-order valence-corrected chi connectivity index (χ4v) is 2.18. The molecule has 0 fully saturated rings. The molecule has 3 N–H and O–H groups in total. The molecule has 0 aliphatic carbocycles. The van der Waals surface area contributed by atoms with Crippen molar-refractivity contribution in [1.82, 2.24) is 15.0 Å². The van der Waals surface area contributed by atoms with Crippen molar-refractivity contribution in [1.29, 1.82) is 0 Å². The van der Waals surface area contributed by atoms with E-state index in [-0.39, 0.29) is 16.3 Å². The lowest BCUT2D eigenvalue weighted by atomic mass is 10.2. The quantitative estimate of drug-likeness (QED) is 0.561. The predicted molar refractivity (Wildman–Crippen MR) is 73.0 cm³/mol. The summed E-state index contributed by atoms with van der Waals surface area (Å²) in [5.41, 5.74) is -0.160. The molecule has 0 bridgehead atoms. The summed E-state index contributed by atoms with van der Waals surface area (Å²) in [7, 11) is -3.99. The Labute approximate surface area is 119 Å². The highest BCUT2D eigenvalue weighted by Crippen LogP contribution is 2.26. The van der Waals surface area contributed by atoms with Gasteiger partial charge in [-0.3, -0.25) is 14.8 Å². The van der Waals surface area contributed by atoms with Gasteiger partial charge in [-0.2, -0.15) is 0 Å². The molecule has 0 saturated carbocycles. The van der Waals surface area contributed by atoms with E-state index in [1.54, 1.807) is 10.9 Å². The van der Waals surface area contributed by atoms with E-state index in [1.807, 2.05) is 0 Å². The highest BCUT2D eigenvalue weighted by molar-refractivity contribution is 7.89. The van der Waals surface area contributed by atoms with E-state index in [2.05, 4.69) is 15.6 Å². The normalized spacial score (nSPS) is 11.3. The van der Waals surface area contributed by atoms with Gasteiger partial charge in [0.1, 0.15) is 5.69 Å². The predicted octanol–water partition coefficient (Wildman–Crippen LogP) is -0.0542. The molecule has 0 radical (unpaired) electrons. The third-order valence-electron chi connectivity index (χ3n) is 2.62. The van der Waals surface area contributed by atoms with Crippen LogP contribution in [0.4, 0.5) is 11.4 Å². The molecule has 2 aromatic rings. The van der Waals surface area contributed by atoms with Gasteiger partial charge in [-0.05, 0) is 12.1 Å². The molecule has 11 heteroatoms. The van der Waals surface area contributed by atoms with Gasteiger partial charge in [-0.1, -0.05) is 5.21 Å². The van der Waals surface area contributed by atoms with Crippen LogP contribution in [0.5, 0.6) is 0 Å². The second-order valence-corrected chi connectivity index (χ2v) is 5.64. The first-order valence-electron chi connectivity index (χ1n) is 5.77. The number of hydrogen-bond donors (Lipinski definition) is 2. The summed E-state index contributed by atoms with van der Waals surface area (Å²) in [6.07, 6.45) is 3.17. The molecule has 10 nitrogen and oxygen atoms in total. The average Bonchev–Trinajstić information content (AvgIpc) is 2.90. The number of nitro groups is 1. The molecule has 0 atom stereocenters. The first-order chi connectivity index (χ1) is 9.88. The number of benzene rings is 1. The first-order valence-corrected chi connectivity index (χ1v) is 7.32. The van der Waals surface area contributed by atoms with Gasteiger partial charge in [-0.15, -0.1) is 5.10 Å². The van der Waals surface area contributed by atoms with Crippen molar-refractivity contribution in [3.8, 4) is 0 Å². The Balaban J connectivity index is 2.17. The topological polar surface area (TPSA) is 146 Å². The SMILES string of the molecule is NS(=O)(=O)c1ccc(NCCn2ccnn2)c([N+](=O)[O-])c1. The Hall–Kier alpha value is -2.53. The van der Waals surface area contributed by atoms with Gasteiger partial charge in [0, 0.05) is 18.8 Å². The van der Waals surface area contributed by atoms with E-state index in [4.69, 9.17) is 5.14 Å². The number of rotatable bonds is 6. The van der Waals surface area contributed by atoms with Gasteiger partial charge in [0.05, 0.1) is 22.6 Å². The van der Waals surface area contributed by atoms with E-state index >= 15 is 0 Å². The zero-order valence-corrected chi connectivity index (χ0v) is 11.5. The Morgan fingerprint density at radius 2 is 2.19 bits per heavy atom. The largest absolute Gasteiger partial charge is 0.378 e. The Kier molecular flexibility index (Phi) is 4.14. The molecule has 0 amide bonds. The van der Waals surface area contributed by atoms with Crippen LogP contribution in [0.15, 0.2) is 35.5 Å². The van der Waals surface area contributed by atoms with Crippen molar-refractivity contribution >= 4 is 21.4 Å². The second-order valence-electron chi connectivity index (χ2n) is 4.07. The highest BCUT2D eigenvalue weighted by Gasteiger charge is 2.18. The van der Waals surface area contributed by atoms with Crippen LogP contribution in [-0.2, 0) is 16.6 Å². The molecule has 1 aromatic heterocycles. The maximum atomic E-state index is 11.2. The van der Waals surface area contributed by atoms with Crippen LogP contribution in [0.1, 0.15) is 0 Å². The molecule has 0 aliphatic rings. The number of anilines is 1. The van der Waals surface area contributed by atoms with E-state index in [1.165, 1.54) is 18.3 Å². The minimum absolute atomic E-state index is 0.201. The number of aromatic nitrogens is 3. The summed E-state index contributed by atoms with van der Waals surface area (Å²) >= 11 is 0. The van der Waals surface area contributed by atoms with Crippen LogP contribution in [0.3, 0.4) is 0 Å². The number of sulfonamides is 1. The van der Waals surface area contributed by atoms with E-state index in [9.17, 15) is 18.5 Å². The van der Waals surface area contributed by atoms with Gasteiger partial charge in [-0.25, -0.2) is 13.6 Å². The standard InChI is InChI=1S/C10H12N6O4S/c11-21(19,20)8-1-2-9(10(7-8)16(17)18)12-3-5-15-6-4-13-14-15/h1-2,4,6-7,12H,3,5H2,(H2,11,19,20). The van der Waals surface area contributed by atoms with Gasteiger partial charge in [0.15, 0.2) is 0 Å². The summed E-state index contributed by atoms with van der Waals surface area (Å²) in [6.45, 7) is 0.813. The summed E-state index contributed by atoms with van der Waals surface area (Å²) < 4.78 is 24.0. The van der Waals surface area contributed by atoms with Crippen molar-refractivity contribution in [3.63, 3.8) is 0 Å². The molecular formula is C10H12N6O4S. The van der Waals surface area contributed by atoms with Gasteiger partial charge < -0.3 is 5.32 Å². The number of nitrogens with one attached hydrogen (secondary N) is 1. The van der Waals surface area contributed by atoms with E-state index < -0.39 is 14.9 Å². The lowest BCUT2D eigenvalue weighted by Crippen LogP contribution is -2.14. The zero-order chi connectivity index (χ0) is 15.5. The summed E-state index contributed by atoms with van der Waals surface area (Å²) in [5, 5.41) is 26.2. The average molecular weight is 312 g/mol. The van der Waals surface area contributed by atoms with Crippen LogP contribution < -0.4 is 10.5 Å². The fourth-order valence-electron chi connectivity index (χ4n) is 1.65. The van der Waals surface area contributed by atoms with Crippen molar-refractivity contribution in [2.75, 3.05) is 11.9 Å². The number of nitro benzene ring substituents is 1. The molecule has 1 aromatic carbocycles. The molecule has 1 heterocycles. The lowest BCUT2D eigenvalue weighted by molar-refractivity contribution is -0.384. The van der Waals surface area contributed by atoms with Crippen LogP contribution in [0.2, 0.25) is 0 Å². The van der Waals surface area contributed by atoms with Gasteiger partial charge in [0.25, 0.3) is 5.69 Å². The summed E-state index contributed by atoms with van der Waals surface area (Å²) in [5.74, 6) is 0. The van der Waals surface area contributed by atoms with E-state index in [0.29, 0.717) is 13.1 Å². The summed E-state index contributed by atoms with van der Waals surface area (Å²) in [6, 6.07) is 3.44. The van der Waals surface area contributed by atoms with Crippen molar-refractivity contribution in [2.24, 2.45) is 5.14 Å². The molecule has 0 spiro atoms. The van der Waals surface area contributed by atoms with Crippen molar-refractivity contribution in [2.45, 2.75) is 11.4 Å². The first kappa shape index (κ1) is 14.9. The smallest absolute Gasteiger partial charge is 0.293 e. The molecule has 21 heavy (non-hydrogen) atoms. The second kappa shape index (κ2) is 5.85. The minimum atomic E-state index is -3.99. The van der Waals surface area contributed by atoms with Crippen LogP contribution in [0.25, 0.3) is 0 Å². The van der Waals surface area contributed by atoms with Crippen LogP contribution in [0, 0.1) is 10.1 Å². The fraction of sp³-hybridized carbons (Fsp3) is 0.200. The highest BCUT2D eigenvalue weighted by atomic mass is 32.2. The maximum Gasteiger partial charge on any atom is 0.293 e. The molecule has 2 rings (SSSR count). The van der Waals surface area contributed by atoms with Gasteiger partial charge >= 0.3 is 0 Å². The van der Waals surface area contributed by atoms with Crippen molar-refractivity contribution < 1.29 is 13.3 Å². The molecule has 0 saturated heterocycles. The van der Waals surface area contributed by atoms with Crippen molar-refractivity contribution in [3.05, 3.63) is 40.7 Å². The van der Waals surface area contributed by atoms with Crippen LogP contribution in [-0.4, -0.2) is 34.9 Å². The number of primary sulfonamides is 1. The Morgan fingerprint density at radius 3 is 2.76 bits per heavy atom. The Bertz CT molecular complexity index is 743. The molecular weight excluding hydrogens is 300 g/mol. The molecule has 0 unspecified atom stereocenters. The lowest BCUT2D eigenvalue weighted by Gasteiger charge is -2.08. The minimum Gasteiger partial charge on any atom is -0.378 e.